The average molecular weight is 284 g/mol. The Labute approximate surface area is 128 Å². The summed E-state index contributed by atoms with van der Waals surface area (Å²) < 4.78 is 14.0. The summed E-state index contributed by atoms with van der Waals surface area (Å²) in [5, 5.41) is 0. The fraction of sp³-hybridized carbons (Fsp3) is 0.400. The molecule has 0 fully saturated rings. The number of benzene rings is 2. The van der Waals surface area contributed by atoms with Crippen molar-refractivity contribution in [1.29, 1.82) is 0 Å². The number of aryl methyl sites for hydroxylation is 2. The van der Waals surface area contributed by atoms with Crippen molar-refractivity contribution >= 4 is 0 Å². The Morgan fingerprint density at radius 1 is 1.00 bits per heavy atom. The molecule has 2 aromatic rings. The third-order valence-corrected chi connectivity index (χ3v) is 4.64. The molecule has 0 saturated heterocycles. The van der Waals surface area contributed by atoms with Crippen molar-refractivity contribution in [2.24, 2.45) is 0 Å². The van der Waals surface area contributed by atoms with E-state index in [-0.39, 0.29) is 11.2 Å². The van der Waals surface area contributed by atoms with Crippen molar-refractivity contribution in [3.05, 3.63) is 58.9 Å². The van der Waals surface area contributed by atoms with E-state index in [0.717, 1.165) is 29.5 Å². The first kappa shape index (κ1) is 15.8. The molecule has 0 aromatic heterocycles. The zero-order chi connectivity index (χ0) is 15.6. The van der Waals surface area contributed by atoms with Gasteiger partial charge in [-0.25, -0.2) is 4.39 Å². The maximum absolute atomic E-state index is 14.0. The van der Waals surface area contributed by atoms with Crippen LogP contribution >= 0.6 is 0 Å². The fourth-order valence-corrected chi connectivity index (χ4v) is 2.61. The Morgan fingerprint density at radius 2 is 1.71 bits per heavy atom. The van der Waals surface area contributed by atoms with Gasteiger partial charge < -0.3 is 0 Å². The molecule has 112 valence electrons. The summed E-state index contributed by atoms with van der Waals surface area (Å²) in [5.41, 5.74) is 5.59. The Bertz CT molecular complexity index is 638. The first-order valence-electron chi connectivity index (χ1n) is 7.79. The molecular weight excluding hydrogens is 259 g/mol. The van der Waals surface area contributed by atoms with Crippen LogP contribution in [0, 0.1) is 12.7 Å². The van der Waals surface area contributed by atoms with Crippen LogP contribution in [0.4, 0.5) is 4.39 Å². The Kier molecular flexibility index (Phi) is 4.51. The van der Waals surface area contributed by atoms with Gasteiger partial charge in [0.25, 0.3) is 0 Å². The highest BCUT2D eigenvalue weighted by Crippen LogP contribution is 2.32. The maximum atomic E-state index is 14.0. The molecule has 0 aliphatic carbocycles. The largest absolute Gasteiger partial charge is 0.207 e. The maximum Gasteiger partial charge on any atom is 0.127 e. The van der Waals surface area contributed by atoms with Gasteiger partial charge in [-0.3, -0.25) is 0 Å². The second-order valence-corrected chi connectivity index (χ2v) is 6.43. The van der Waals surface area contributed by atoms with Crippen molar-refractivity contribution in [3.8, 4) is 11.1 Å². The SMILES string of the molecule is CCc1ccc(-c2ccc(C(C)(C)CC)cc2C)cc1F. The van der Waals surface area contributed by atoms with E-state index in [2.05, 4.69) is 45.9 Å². The van der Waals surface area contributed by atoms with Gasteiger partial charge in [-0.2, -0.15) is 0 Å². The lowest BCUT2D eigenvalue weighted by Gasteiger charge is -2.24. The molecule has 0 heterocycles. The van der Waals surface area contributed by atoms with Crippen LogP contribution in [-0.4, -0.2) is 0 Å². The van der Waals surface area contributed by atoms with Gasteiger partial charge in [0.2, 0.25) is 0 Å². The molecule has 0 atom stereocenters. The van der Waals surface area contributed by atoms with Crippen LogP contribution in [0.2, 0.25) is 0 Å². The molecule has 0 bridgehead atoms. The molecule has 0 nitrogen and oxygen atoms in total. The van der Waals surface area contributed by atoms with E-state index >= 15 is 0 Å². The summed E-state index contributed by atoms with van der Waals surface area (Å²) in [6, 6.07) is 12.1. The number of hydrogen-bond donors (Lipinski definition) is 0. The lowest BCUT2D eigenvalue weighted by Crippen LogP contribution is -2.15. The number of hydrogen-bond acceptors (Lipinski definition) is 0. The topological polar surface area (TPSA) is 0 Å². The zero-order valence-corrected chi connectivity index (χ0v) is 13.8. The van der Waals surface area contributed by atoms with E-state index in [4.69, 9.17) is 0 Å². The predicted molar refractivity (Wildman–Crippen MR) is 89.3 cm³/mol. The van der Waals surface area contributed by atoms with Crippen LogP contribution in [0.1, 0.15) is 50.8 Å². The van der Waals surface area contributed by atoms with Crippen LogP contribution in [0.15, 0.2) is 36.4 Å². The fourth-order valence-electron chi connectivity index (χ4n) is 2.61. The van der Waals surface area contributed by atoms with Gasteiger partial charge in [-0.05, 0) is 59.1 Å². The van der Waals surface area contributed by atoms with Gasteiger partial charge in [0, 0.05) is 0 Å². The number of halogens is 1. The zero-order valence-electron chi connectivity index (χ0n) is 13.8. The van der Waals surface area contributed by atoms with Gasteiger partial charge in [-0.15, -0.1) is 0 Å². The minimum atomic E-state index is -0.104. The Morgan fingerprint density at radius 3 is 2.24 bits per heavy atom. The van der Waals surface area contributed by atoms with Crippen molar-refractivity contribution in [2.75, 3.05) is 0 Å². The quantitative estimate of drug-likeness (QED) is 0.641. The molecule has 0 amide bonds. The van der Waals surface area contributed by atoms with E-state index in [1.807, 2.05) is 19.1 Å². The van der Waals surface area contributed by atoms with Crippen LogP contribution in [0.5, 0.6) is 0 Å². The normalized spacial score (nSPS) is 11.7. The van der Waals surface area contributed by atoms with Crippen LogP contribution in [-0.2, 0) is 11.8 Å². The van der Waals surface area contributed by atoms with E-state index in [1.54, 1.807) is 6.07 Å². The second-order valence-electron chi connectivity index (χ2n) is 6.43. The molecule has 21 heavy (non-hydrogen) atoms. The predicted octanol–water partition coefficient (Wildman–Crippen LogP) is 6.05. The monoisotopic (exact) mass is 284 g/mol. The molecular formula is C20H25F. The summed E-state index contributed by atoms with van der Waals surface area (Å²) in [5.74, 6) is -0.104. The number of rotatable bonds is 4. The highest BCUT2D eigenvalue weighted by molar-refractivity contribution is 5.68. The lowest BCUT2D eigenvalue weighted by molar-refractivity contribution is 0.506. The van der Waals surface area contributed by atoms with Crippen molar-refractivity contribution in [1.82, 2.24) is 0 Å². The van der Waals surface area contributed by atoms with Crippen molar-refractivity contribution < 1.29 is 4.39 Å². The molecule has 0 aliphatic rings. The molecule has 1 heteroatoms. The average Bonchev–Trinajstić information content (AvgIpc) is 2.47. The van der Waals surface area contributed by atoms with Crippen molar-refractivity contribution in [3.63, 3.8) is 0 Å². The molecule has 0 aliphatic heterocycles. The van der Waals surface area contributed by atoms with Crippen LogP contribution < -0.4 is 0 Å². The highest BCUT2D eigenvalue weighted by Gasteiger charge is 2.18. The highest BCUT2D eigenvalue weighted by atomic mass is 19.1. The Balaban J connectivity index is 2.44. The third-order valence-electron chi connectivity index (χ3n) is 4.64. The molecule has 0 saturated carbocycles. The van der Waals surface area contributed by atoms with Gasteiger partial charge in [0.1, 0.15) is 5.82 Å². The molecule has 0 spiro atoms. The molecule has 0 unspecified atom stereocenters. The summed E-state index contributed by atoms with van der Waals surface area (Å²) >= 11 is 0. The summed E-state index contributed by atoms with van der Waals surface area (Å²) in [7, 11) is 0. The first-order valence-corrected chi connectivity index (χ1v) is 7.79. The first-order chi connectivity index (χ1) is 9.89. The molecule has 0 radical (unpaired) electrons. The minimum absolute atomic E-state index is 0.104. The third kappa shape index (κ3) is 3.18. The second kappa shape index (κ2) is 6.01. The van der Waals surface area contributed by atoms with Gasteiger partial charge in [0.05, 0.1) is 0 Å². The standard InChI is InChI=1S/C20H25F/c1-6-15-8-9-16(13-19(15)21)18-11-10-17(12-14(18)3)20(4,5)7-2/h8-13H,6-7H2,1-5H3. The van der Waals surface area contributed by atoms with Gasteiger partial charge >= 0.3 is 0 Å². The van der Waals surface area contributed by atoms with E-state index in [9.17, 15) is 4.39 Å². The Hall–Kier alpha value is -1.63. The molecule has 2 aromatic carbocycles. The van der Waals surface area contributed by atoms with Crippen LogP contribution in [0.25, 0.3) is 11.1 Å². The van der Waals surface area contributed by atoms with Crippen LogP contribution in [0.3, 0.4) is 0 Å². The molecule has 2 rings (SSSR count). The summed E-state index contributed by atoms with van der Waals surface area (Å²) in [6.07, 6.45) is 1.83. The van der Waals surface area contributed by atoms with E-state index < -0.39 is 0 Å². The molecule has 0 N–H and O–H groups in total. The van der Waals surface area contributed by atoms with Crippen molar-refractivity contribution in [2.45, 2.75) is 52.9 Å². The summed E-state index contributed by atoms with van der Waals surface area (Å²) in [6.45, 7) is 10.8. The van der Waals surface area contributed by atoms with E-state index in [1.165, 1.54) is 11.1 Å². The van der Waals surface area contributed by atoms with Gasteiger partial charge in [-0.1, -0.05) is 58.0 Å². The summed E-state index contributed by atoms with van der Waals surface area (Å²) in [4.78, 5) is 0. The minimum Gasteiger partial charge on any atom is -0.207 e. The smallest absolute Gasteiger partial charge is 0.127 e. The van der Waals surface area contributed by atoms with E-state index in [0.29, 0.717) is 0 Å². The lowest BCUT2D eigenvalue weighted by atomic mass is 9.80. The van der Waals surface area contributed by atoms with Gasteiger partial charge in [0.15, 0.2) is 0 Å².